The first-order chi connectivity index (χ1) is 51.2. The van der Waals surface area contributed by atoms with Gasteiger partial charge in [-0.05, 0) is 147 Å². The summed E-state index contributed by atoms with van der Waals surface area (Å²) in [4.78, 5) is 85.2. The Morgan fingerprint density at radius 1 is 0.438 bits per heavy atom. The highest BCUT2D eigenvalue weighted by Gasteiger charge is 2.31. The van der Waals surface area contributed by atoms with Crippen LogP contribution in [0.25, 0.3) is 0 Å². The first-order valence-electron chi connectivity index (χ1n) is 36.0. The van der Waals surface area contributed by atoms with Crippen molar-refractivity contribution in [3.8, 4) is 0 Å². The maximum Gasteiger partial charge on any atom is 0.410 e. The number of ether oxygens (including phenoxy) is 9. The van der Waals surface area contributed by atoms with E-state index in [1.54, 1.807) is 21.6 Å². The molecule has 0 atom stereocenters. The van der Waals surface area contributed by atoms with Crippen LogP contribution < -0.4 is 21.9 Å². The Bertz CT molecular complexity index is 3250. The number of likely N-dealkylation sites (tertiary alicyclic amines) is 3. The van der Waals surface area contributed by atoms with Gasteiger partial charge in [0, 0.05) is 88.4 Å². The van der Waals surface area contributed by atoms with Gasteiger partial charge in [0.1, 0.15) is 26.4 Å². The summed E-state index contributed by atoms with van der Waals surface area (Å²) in [7, 11) is 0. The molecule has 0 bridgehead atoms. The second kappa shape index (κ2) is 52.8. The normalized spacial score (nSPS) is 15.5. The molecular weight excluding hydrogens is 1380 g/mol. The number of hydrogen-bond acceptors (Lipinski definition) is 25. The van der Waals surface area contributed by atoms with Crippen LogP contribution in [0.2, 0.25) is 0 Å². The summed E-state index contributed by atoms with van der Waals surface area (Å²) < 4.78 is 55.9. The van der Waals surface area contributed by atoms with Crippen LogP contribution in [0, 0.1) is 17.8 Å². The Morgan fingerprint density at radius 2 is 0.752 bits per heavy atom. The van der Waals surface area contributed by atoms with Gasteiger partial charge in [0.25, 0.3) is 6.48 Å². The number of hydrogen-bond donors (Lipinski definition) is 4. The maximum absolute atomic E-state index is 12.0. The van der Waals surface area contributed by atoms with Gasteiger partial charge in [-0.3, -0.25) is 19.8 Å². The molecule has 6 aromatic rings. The number of piperidine rings is 5. The Kier molecular flexibility index (Phi) is 43.5. The zero-order valence-electron chi connectivity index (χ0n) is 61.1. The lowest BCUT2D eigenvalue weighted by molar-refractivity contribution is -0.282. The van der Waals surface area contributed by atoms with Gasteiger partial charge in [-0.15, -0.1) is 20.4 Å². The van der Waals surface area contributed by atoms with Crippen LogP contribution in [0.15, 0.2) is 143 Å². The summed E-state index contributed by atoms with van der Waals surface area (Å²) in [5.74, 6) is 6.89. The topological polar surface area (TPSA) is 352 Å². The van der Waals surface area contributed by atoms with Gasteiger partial charge < -0.3 is 76.8 Å². The van der Waals surface area contributed by atoms with Crippen molar-refractivity contribution >= 4 is 53.2 Å². The third-order valence-electron chi connectivity index (χ3n) is 16.9. The van der Waals surface area contributed by atoms with E-state index in [9.17, 15) is 33.6 Å². The number of hydrazine groups is 1. The zero-order valence-corrected chi connectivity index (χ0v) is 61.9. The Hall–Kier alpha value is -9.10. The Morgan fingerprint density at radius 3 is 1.07 bits per heavy atom. The lowest BCUT2D eigenvalue weighted by atomic mass is 9.96. The number of benzene rings is 4. The number of esters is 2. The largest absolute Gasteiger partial charge is 0.466 e. The quantitative estimate of drug-likeness (QED) is 0.00989. The number of nitrogens with two attached hydrogens (primary N) is 1. The molecule has 4 amide bonds. The van der Waals surface area contributed by atoms with Gasteiger partial charge in [-0.25, -0.2) is 25.0 Å². The SMILES string of the molecule is CCOC(=O)C1CCN(C(=O)OCc2ccccc2)CC1.CCOC(=O)C1CCNCC1.CCOC(OCC)OCC.NNC(=O)C1CCN(C(=O)OCc2ccccc2)CC1.O=C(Cl)OCc1ccccc1.O=C(OCc1ccccc1)N1CCC(c2nnco2)CC1.c1nnc(C2CCNCC2)o1. The summed E-state index contributed by atoms with van der Waals surface area (Å²) in [6, 6.07) is 38.2. The summed E-state index contributed by atoms with van der Waals surface area (Å²) in [5, 5.41) is 21.7. The van der Waals surface area contributed by atoms with Crippen LogP contribution >= 0.6 is 11.6 Å². The predicted octanol–water partition coefficient (Wildman–Crippen LogP) is 11.2. The van der Waals surface area contributed by atoms with E-state index in [0.29, 0.717) is 116 Å². The first-order valence-corrected chi connectivity index (χ1v) is 36.4. The van der Waals surface area contributed by atoms with E-state index in [0.717, 1.165) is 92.8 Å². The van der Waals surface area contributed by atoms with Crippen LogP contribution in [0.3, 0.4) is 0 Å². The van der Waals surface area contributed by atoms with Crippen molar-refractivity contribution in [1.82, 2.24) is 51.2 Å². The van der Waals surface area contributed by atoms with E-state index >= 15 is 0 Å². The smallest absolute Gasteiger partial charge is 0.410 e. The number of nitrogens with one attached hydrogen (secondary N) is 3. The van der Waals surface area contributed by atoms with Gasteiger partial charge >= 0.3 is 35.6 Å². The monoisotopic (exact) mass is 1480 g/mol. The number of carbonyl (C=O) groups is 7. The molecule has 30 heteroatoms. The average Bonchev–Trinajstić information content (AvgIpc) is 1.75. The number of nitrogens with zero attached hydrogens (tertiary/aromatic N) is 7. The molecule has 0 spiro atoms. The van der Waals surface area contributed by atoms with Crippen molar-refractivity contribution in [3.63, 3.8) is 0 Å². The maximum atomic E-state index is 12.0. The minimum Gasteiger partial charge on any atom is -0.466 e. The molecule has 7 heterocycles. The second-order valence-electron chi connectivity index (χ2n) is 24.2. The molecule has 5 N–H and O–H groups in total. The molecule has 2 aromatic heterocycles. The Labute approximate surface area is 620 Å². The molecule has 0 unspecified atom stereocenters. The molecule has 4 aromatic carbocycles. The van der Waals surface area contributed by atoms with Gasteiger partial charge in [0.15, 0.2) is 0 Å². The number of halogens is 1. The highest BCUT2D eigenvalue weighted by molar-refractivity contribution is 6.61. The molecule has 5 saturated heterocycles. The van der Waals surface area contributed by atoms with Crippen LogP contribution in [0.4, 0.5) is 19.2 Å². The fraction of sp³-hybridized carbons (Fsp3) is 0.533. The van der Waals surface area contributed by atoms with Crippen LogP contribution in [-0.4, -0.2) is 182 Å². The minimum absolute atomic E-state index is 0.0194. The van der Waals surface area contributed by atoms with Crippen LogP contribution in [0.5, 0.6) is 0 Å². The number of rotatable bonds is 21. The van der Waals surface area contributed by atoms with Crippen molar-refractivity contribution in [2.24, 2.45) is 23.6 Å². The van der Waals surface area contributed by atoms with Crippen molar-refractivity contribution in [1.29, 1.82) is 0 Å². The van der Waals surface area contributed by atoms with Gasteiger partial charge in [-0.2, -0.15) is 0 Å². The highest BCUT2D eigenvalue weighted by Crippen LogP contribution is 2.27. The number of aromatic nitrogens is 4. The van der Waals surface area contributed by atoms with Crippen molar-refractivity contribution in [2.45, 2.75) is 144 Å². The zero-order chi connectivity index (χ0) is 75.5. The summed E-state index contributed by atoms with van der Waals surface area (Å²) >= 11 is 4.97. The van der Waals surface area contributed by atoms with Crippen molar-refractivity contribution in [2.75, 3.05) is 98.5 Å². The van der Waals surface area contributed by atoms with E-state index < -0.39 is 11.9 Å². The fourth-order valence-electron chi connectivity index (χ4n) is 11.1. The lowest BCUT2D eigenvalue weighted by Gasteiger charge is -2.30. The predicted molar refractivity (Wildman–Crippen MR) is 388 cm³/mol. The first kappa shape index (κ1) is 86.5. The molecular formula is C75H106ClN11O18. The molecule has 29 nitrogen and oxygen atoms in total. The second-order valence-corrected chi connectivity index (χ2v) is 24.5. The molecule has 0 saturated carbocycles. The van der Waals surface area contributed by atoms with E-state index in [-0.39, 0.29) is 79.6 Å². The highest BCUT2D eigenvalue weighted by atomic mass is 35.5. The van der Waals surface area contributed by atoms with Crippen LogP contribution in [0.1, 0.15) is 145 Å². The standard InChI is InChI=1S/C16H21NO4.C15H17N3O3.C14H19N3O3.C8H7ClO2.C8H15NO2.C7H11N3O.C7H16O3/c1-2-20-15(18)14-8-10-17(11-9-14)16(19)21-12-13-6-4-3-5-7-13;19-15(20-10-12-4-2-1-3-5-12)18-8-6-13(7-9-18)14-17-16-11-21-14;15-16-13(18)12-6-8-17(9-7-12)14(19)20-10-11-4-2-1-3-5-11;9-8(10)11-6-7-4-2-1-3-5-7;1-2-11-8(10)7-3-5-9-6-4-7;1-3-8-4-2-6(1)7-10-9-5-11-7;1-4-8-7(9-5-2)10-6-3/h3-7,14H,2,8-12H2,1H3;1-5,11,13H,6-10H2;1-5,12H,6-10,15H2,(H,16,18);1-5H,6H2;7,9H,2-6H2,1H3;5-6,8H,1-4H2;7H,4-6H2,1-3H3. The molecule has 0 radical (unpaired) electrons. The van der Waals surface area contributed by atoms with Crippen molar-refractivity contribution in [3.05, 3.63) is 168 Å². The lowest BCUT2D eigenvalue weighted by Crippen LogP contribution is -2.44. The summed E-state index contributed by atoms with van der Waals surface area (Å²) in [5.41, 5.74) is 5.23. The molecule has 5 aliphatic heterocycles. The van der Waals surface area contributed by atoms with E-state index in [4.69, 9.17) is 64.2 Å². The van der Waals surface area contributed by atoms with E-state index in [2.05, 4.69) is 41.2 Å². The molecule has 5 fully saturated rings. The molecule has 105 heavy (non-hydrogen) atoms. The molecule has 0 aliphatic carbocycles. The average molecular weight is 1490 g/mol. The molecule has 11 rings (SSSR count). The van der Waals surface area contributed by atoms with Gasteiger partial charge in [-0.1, -0.05) is 121 Å². The third kappa shape index (κ3) is 35.5. The fourth-order valence-corrected chi connectivity index (χ4v) is 11.2. The molecule has 576 valence electrons. The Balaban J connectivity index is 0.000000225. The minimum atomic E-state index is -0.770. The van der Waals surface area contributed by atoms with Gasteiger partial charge in [0.05, 0.1) is 25.0 Å². The number of amides is 4. The van der Waals surface area contributed by atoms with Crippen LogP contribution in [-0.2, 0) is 83.4 Å². The summed E-state index contributed by atoms with van der Waals surface area (Å²) in [6.07, 6.45) is 10.1. The van der Waals surface area contributed by atoms with E-state index in [1.165, 1.54) is 12.8 Å². The van der Waals surface area contributed by atoms with Gasteiger partial charge in [0.2, 0.25) is 30.5 Å². The molecule has 5 aliphatic rings. The third-order valence-corrected chi connectivity index (χ3v) is 17.0. The summed E-state index contributed by atoms with van der Waals surface area (Å²) in [6.45, 7) is 20.2. The van der Waals surface area contributed by atoms with Crippen molar-refractivity contribution < 1.29 is 85.0 Å². The number of carbonyl (C=O) groups excluding carboxylic acids is 7. The van der Waals surface area contributed by atoms with E-state index in [1.807, 2.05) is 149 Å².